The summed E-state index contributed by atoms with van der Waals surface area (Å²) >= 11 is 0. The number of hydrogen-bond donors (Lipinski definition) is 1. The molecular formula is C31H31N. The zero-order chi connectivity index (χ0) is 22.5. The number of rotatable bonds is 3. The van der Waals surface area contributed by atoms with Crippen molar-refractivity contribution in [3.05, 3.63) is 108 Å². The van der Waals surface area contributed by atoms with Crippen molar-refractivity contribution in [2.24, 2.45) is 0 Å². The van der Waals surface area contributed by atoms with Gasteiger partial charge in [-0.15, -0.1) is 0 Å². The van der Waals surface area contributed by atoms with Crippen molar-refractivity contribution >= 4 is 11.4 Å². The summed E-state index contributed by atoms with van der Waals surface area (Å²) in [5.41, 5.74) is 11.8. The molecule has 160 valence electrons. The van der Waals surface area contributed by atoms with Crippen molar-refractivity contribution in [1.82, 2.24) is 0 Å². The standard InChI is InChI=1S/C31H31N/c1-30(2,3)23-15-13-21(14-16-23)22-9-8-10-24(19-22)32-25-17-18-27-26-11-6-7-12-28(26)31(4,5)29(27)20-25/h6-20,32H,1-5H3. The number of nitrogens with one attached hydrogen (secondary N) is 1. The van der Waals surface area contributed by atoms with Gasteiger partial charge in [0.1, 0.15) is 0 Å². The van der Waals surface area contributed by atoms with Crippen molar-refractivity contribution < 1.29 is 0 Å². The Labute approximate surface area is 192 Å². The Morgan fingerprint density at radius 1 is 0.594 bits per heavy atom. The van der Waals surface area contributed by atoms with Gasteiger partial charge in [-0.25, -0.2) is 0 Å². The molecule has 4 aromatic carbocycles. The average Bonchev–Trinajstić information content (AvgIpc) is 3.01. The van der Waals surface area contributed by atoms with Gasteiger partial charge in [0.2, 0.25) is 0 Å². The summed E-state index contributed by atoms with van der Waals surface area (Å²) in [4.78, 5) is 0. The molecule has 1 aliphatic carbocycles. The molecule has 0 heterocycles. The fourth-order valence-electron chi connectivity index (χ4n) is 4.89. The Morgan fingerprint density at radius 3 is 2.03 bits per heavy atom. The van der Waals surface area contributed by atoms with Gasteiger partial charge >= 0.3 is 0 Å². The second-order valence-corrected chi connectivity index (χ2v) is 10.5. The molecular weight excluding hydrogens is 386 g/mol. The Hall–Kier alpha value is -3.32. The average molecular weight is 418 g/mol. The lowest BCUT2D eigenvalue weighted by Crippen LogP contribution is -2.15. The lowest BCUT2D eigenvalue weighted by molar-refractivity contribution is 0.590. The first-order chi connectivity index (χ1) is 15.2. The van der Waals surface area contributed by atoms with Crippen molar-refractivity contribution in [2.45, 2.75) is 45.4 Å². The maximum absolute atomic E-state index is 3.64. The third-order valence-corrected chi connectivity index (χ3v) is 6.82. The molecule has 1 nitrogen and oxygen atoms in total. The molecule has 0 aliphatic heterocycles. The first kappa shape index (κ1) is 20.6. The minimum atomic E-state index is 0.0142. The fraction of sp³-hybridized carbons (Fsp3) is 0.226. The van der Waals surface area contributed by atoms with Gasteiger partial charge < -0.3 is 5.32 Å². The SMILES string of the molecule is CC(C)(C)c1ccc(-c2cccc(Nc3ccc4c(c3)C(C)(C)c3ccccc3-4)c2)cc1. The summed E-state index contributed by atoms with van der Waals surface area (Å²) in [7, 11) is 0. The van der Waals surface area contributed by atoms with E-state index in [9.17, 15) is 0 Å². The highest BCUT2D eigenvalue weighted by molar-refractivity contribution is 5.83. The largest absolute Gasteiger partial charge is 0.356 e. The molecule has 32 heavy (non-hydrogen) atoms. The summed E-state index contributed by atoms with van der Waals surface area (Å²) < 4.78 is 0. The van der Waals surface area contributed by atoms with E-state index >= 15 is 0 Å². The van der Waals surface area contributed by atoms with Crippen LogP contribution in [-0.4, -0.2) is 0 Å². The van der Waals surface area contributed by atoms with E-state index in [4.69, 9.17) is 0 Å². The predicted molar refractivity (Wildman–Crippen MR) is 138 cm³/mol. The van der Waals surface area contributed by atoms with Gasteiger partial charge in [0.05, 0.1) is 0 Å². The van der Waals surface area contributed by atoms with Gasteiger partial charge in [-0.3, -0.25) is 0 Å². The van der Waals surface area contributed by atoms with Gasteiger partial charge in [0, 0.05) is 16.8 Å². The molecule has 5 rings (SSSR count). The summed E-state index contributed by atoms with van der Waals surface area (Å²) in [5.74, 6) is 0. The third-order valence-electron chi connectivity index (χ3n) is 6.82. The highest BCUT2D eigenvalue weighted by Crippen LogP contribution is 2.49. The topological polar surface area (TPSA) is 12.0 Å². The molecule has 4 aromatic rings. The Kier molecular flexibility index (Phi) is 4.74. The minimum absolute atomic E-state index is 0.0142. The highest BCUT2D eigenvalue weighted by Gasteiger charge is 2.35. The molecule has 0 unspecified atom stereocenters. The maximum atomic E-state index is 3.64. The molecule has 1 heteroatoms. The van der Waals surface area contributed by atoms with Crippen LogP contribution in [0.3, 0.4) is 0 Å². The fourth-order valence-corrected chi connectivity index (χ4v) is 4.89. The normalized spacial score (nSPS) is 14.0. The Morgan fingerprint density at radius 2 is 1.28 bits per heavy atom. The number of fused-ring (bicyclic) bond motifs is 3. The summed E-state index contributed by atoms with van der Waals surface area (Å²) in [6, 6.07) is 33.2. The van der Waals surface area contributed by atoms with E-state index in [2.05, 4.69) is 131 Å². The lowest BCUT2D eigenvalue weighted by atomic mass is 9.82. The molecule has 0 saturated heterocycles. The van der Waals surface area contributed by atoms with E-state index in [1.807, 2.05) is 0 Å². The van der Waals surface area contributed by atoms with E-state index < -0.39 is 0 Å². The van der Waals surface area contributed by atoms with Gasteiger partial charge in [-0.05, 0) is 68.6 Å². The van der Waals surface area contributed by atoms with Crippen LogP contribution >= 0.6 is 0 Å². The molecule has 0 saturated carbocycles. The van der Waals surface area contributed by atoms with Crippen LogP contribution in [0, 0.1) is 0 Å². The van der Waals surface area contributed by atoms with Gasteiger partial charge in [0.15, 0.2) is 0 Å². The maximum Gasteiger partial charge on any atom is 0.0390 e. The zero-order valence-electron chi connectivity index (χ0n) is 19.7. The Balaban J connectivity index is 1.43. The van der Waals surface area contributed by atoms with Crippen LogP contribution < -0.4 is 5.32 Å². The summed E-state index contributed by atoms with van der Waals surface area (Å²) in [6.07, 6.45) is 0. The quantitative estimate of drug-likeness (QED) is 0.351. The second kappa shape index (κ2) is 7.38. The van der Waals surface area contributed by atoms with E-state index in [1.54, 1.807) is 0 Å². The number of benzene rings is 4. The first-order valence-corrected chi connectivity index (χ1v) is 11.5. The monoisotopic (exact) mass is 417 g/mol. The van der Waals surface area contributed by atoms with Gasteiger partial charge in [0.25, 0.3) is 0 Å². The van der Waals surface area contributed by atoms with E-state index in [0.29, 0.717) is 0 Å². The first-order valence-electron chi connectivity index (χ1n) is 11.5. The molecule has 0 fully saturated rings. The van der Waals surface area contributed by atoms with Crippen LogP contribution in [0.4, 0.5) is 11.4 Å². The molecule has 0 radical (unpaired) electrons. The molecule has 1 aliphatic rings. The zero-order valence-corrected chi connectivity index (χ0v) is 19.7. The predicted octanol–water partition coefficient (Wildman–Crippen LogP) is 8.70. The summed E-state index contributed by atoms with van der Waals surface area (Å²) in [5, 5.41) is 3.64. The molecule has 0 spiro atoms. The van der Waals surface area contributed by atoms with Crippen molar-refractivity contribution in [3.63, 3.8) is 0 Å². The van der Waals surface area contributed by atoms with Crippen molar-refractivity contribution in [1.29, 1.82) is 0 Å². The number of anilines is 2. The number of hydrogen-bond acceptors (Lipinski definition) is 1. The lowest BCUT2D eigenvalue weighted by Gasteiger charge is -2.22. The third kappa shape index (κ3) is 3.52. The van der Waals surface area contributed by atoms with Crippen LogP contribution in [0.5, 0.6) is 0 Å². The second-order valence-electron chi connectivity index (χ2n) is 10.5. The molecule has 0 atom stereocenters. The molecule has 0 bridgehead atoms. The Bertz CT molecular complexity index is 1290. The van der Waals surface area contributed by atoms with Crippen LogP contribution in [0.15, 0.2) is 91.0 Å². The van der Waals surface area contributed by atoms with E-state index in [-0.39, 0.29) is 10.8 Å². The molecule has 1 N–H and O–H groups in total. The molecule has 0 amide bonds. The smallest absolute Gasteiger partial charge is 0.0390 e. The van der Waals surface area contributed by atoms with Gasteiger partial charge in [-0.2, -0.15) is 0 Å². The van der Waals surface area contributed by atoms with Crippen molar-refractivity contribution in [3.8, 4) is 22.3 Å². The minimum Gasteiger partial charge on any atom is -0.356 e. The van der Waals surface area contributed by atoms with Crippen LogP contribution in [0.1, 0.15) is 51.3 Å². The van der Waals surface area contributed by atoms with E-state index in [1.165, 1.54) is 38.9 Å². The van der Waals surface area contributed by atoms with E-state index in [0.717, 1.165) is 11.4 Å². The van der Waals surface area contributed by atoms with Gasteiger partial charge in [-0.1, -0.05) is 101 Å². The summed E-state index contributed by atoms with van der Waals surface area (Å²) in [6.45, 7) is 11.4. The van der Waals surface area contributed by atoms with Crippen molar-refractivity contribution in [2.75, 3.05) is 5.32 Å². The van der Waals surface area contributed by atoms with Crippen LogP contribution in [-0.2, 0) is 10.8 Å². The highest BCUT2D eigenvalue weighted by atomic mass is 14.9. The molecule has 0 aromatic heterocycles. The van der Waals surface area contributed by atoms with Crippen LogP contribution in [0.2, 0.25) is 0 Å². The van der Waals surface area contributed by atoms with Crippen LogP contribution in [0.25, 0.3) is 22.3 Å².